The summed E-state index contributed by atoms with van der Waals surface area (Å²) in [5.74, 6) is 2.74. The maximum absolute atomic E-state index is 16.9. The smallest absolute Gasteiger partial charge is 0.410 e. The van der Waals surface area contributed by atoms with Crippen LogP contribution in [0.15, 0.2) is 35.5 Å². The molecule has 0 radical (unpaired) electrons. The molecule has 0 aliphatic carbocycles. The Morgan fingerprint density at radius 1 is 1.09 bits per heavy atom. The average molecular weight is 628 g/mol. The highest BCUT2D eigenvalue weighted by Gasteiger charge is 2.50. The number of aryl methyl sites for hydroxylation is 1. The molecule has 2 saturated heterocycles. The third kappa shape index (κ3) is 4.96. The molecule has 232 valence electrons. The van der Waals surface area contributed by atoms with Gasteiger partial charge in [0.2, 0.25) is 0 Å². The largest absolute Gasteiger partial charge is 0.444 e. The van der Waals surface area contributed by atoms with Gasteiger partial charge in [-0.15, -0.1) is 6.42 Å². The maximum Gasteiger partial charge on any atom is 0.410 e. The van der Waals surface area contributed by atoms with E-state index in [0.29, 0.717) is 57.1 Å². The van der Waals surface area contributed by atoms with Crippen LogP contribution in [0.25, 0.3) is 32.9 Å². The molecule has 7 rings (SSSR count). The van der Waals surface area contributed by atoms with E-state index in [4.69, 9.17) is 26.1 Å². The summed E-state index contributed by atoms with van der Waals surface area (Å²) in [6.45, 7) is 8.24. The molecule has 3 aliphatic heterocycles. The number of amides is 1. The van der Waals surface area contributed by atoms with E-state index in [0.717, 1.165) is 25.7 Å². The lowest BCUT2D eigenvalue weighted by Gasteiger charge is -2.48. The molecule has 0 N–H and O–H groups in total. The fraction of sp³-hybridized carbons (Fsp3) is 0.429. The molecule has 5 heterocycles. The number of carbonyl (C=O) groups excluding carboxylic acids is 1. The lowest BCUT2D eigenvalue weighted by molar-refractivity contribution is 0.00701. The fourth-order valence-corrected chi connectivity index (χ4v) is 7.93. The summed E-state index contributed by atoms with van der Waals surface area (Å²) in [6, 6.07) is 8.29. The predicted octanol–water partition coefficient (Wildman–Crippen LogP) is 7.51. The molecular formula is C35H35F2N5O2S. The molecule has 3 aliphatic rings. The number of thioether (sulfide) groups is 1. The molecule has 7 nitrogen and oxygen atoms in total. The molecular weight excluding hydrogens is 592 g/mol. The summed E-state index contributed by atoms with van der Waals surface area (Å²) in [5, 5.41) is 2.25. The van der Waals surface area contributed by atoms with Crippen molar-refractivity contribution in [2.75, 3.05) is 17.2 Å². The van der Waals surface area contributed by atoms with Crippen molar-refractivity contribution < 1.29 is 18.3 Å². The number of fused-ring (bicyclic) bond motifs is 6. The zero-order valence-electron chi connectivity index (χ0n) is 25.9. The highest BCUT2D eigenvalue weighted by Crippen LogP contribution is 2.45. The number of halogens is 2. The van der Waals surface area contributed by atoms with E-state index in [1.165, 1.54) is 17.8 Å². The minimum absolute atomic E-state index is 0.00367. The SMILES string of the molecule is C#Cc1c(F)ccc2cccc(-c3nc4c5c(nc(SCC)nc5c3F)N3C[C@H]5CC[C@@H]([C@H]3CCC4)N5C(=O)OC(C)(C)C)c12. The van der Waals surface area contributed by atoms with E-state index >= 15 is 4.39 Å². The summed E-state index contributed by atoms with van der Waals surface area (Å²) < 4.78 is 37.6. The number of nitrogens with zero attached hydrogens (tertiary/aromatic N) is 5. The summed E-state index contributed by atoms with van der Waals surface area (Å²) in [6.07, 6.45) is 9.39. The highest BCUT2D eigenvalue weighted by atomic mass is 32.2. The molecule has 2 fully saturated rings. The van der Waals surface area contributed by atoms with Gasteiger partial charge in [0.05, 0.1) is 34.8 Å². The highest BCUT2D eigenvalue weighted by molar-refractivity contribution is 7.99. The Morgan fingerprint density at radius 2 is 1.91 bits per heavy atom. The number of carbonyl (C=O) groups is 1. The first-order valence-corrected chi connectivity index (χ1v) is 16.6. The van der Waals surface area contributed by atoms with Crippen molar-refractivity contribution in [1.82, 2.24) is 19.9 Å². The minimum Gasteiger partial charge on any atom is -0.444 e. The fourth-order valence-electron chi connectivity index (χ4n) is 7.37. The van der Waals surface area contributed by atoms with E-state index in [2.05, 4.69) is 10.8 Å². The van der Waals surface area contributed by atoms with Crippen molar-refractivity contribution in [3.05, 3.63) is 53.2 Å². The Labute approximate surface area is 265 Å². The first kappa shape index (κ1) is 29.7. The Bertz CT molecular complexity index is 1900. The normalized spacial score (nSPS) is 21.0. The first-order valence-electron chi connectivity index (χ1n) is 15.6. The van der Waals surface area contributed by atoms with E-state index in [1.54, 1.807) is 18.2 Å². The van der Waals surface area contributed by atoms with Gasteiger partial charge in [0.25, 0.3) is 0 Å². The summed E-state index contributed by atoms with van der Waals surface area (Å²) in [5.41, 5.74) is 0.947. The lowest BCUT2D eigenvalue weighted by Crippen LogP contribution is -2.62. The molecule has 2 bridgehead atoms. The molecule has 1 amide bonds. The minimum atomic E-state index is -0.587. The number of benzene rings is 2. The number of aromatic nitrogens is 3. The van der Waals surface area contributed by atoms with Crippen LogP contribution in [0.4, 0.5) is 19.4 Å². The number of pyridine rings is 1. The molecule has 2 aromatic heterocycles. The first-order chi connectivity index (χ1) is 21.6. The number of ether oxygens (including phenoxy) is 1. The number of hydrogen-bond donors (Lipinski definition) is 0. The van der Waals surface area contributed by atoms with Gasteiger partial charge in [-0.1, -0.05) is 48.9 Å². The van der Waals surface area contributed by atoms with Crippen LogP contribution in [-0.2, 0) is 11.2 Å². The van der Waals surface area contributed by atoms with Gasteiger partial charge in [0.15, 0.2) is 11.0 Å². The maximum atomic E-state index is 16.9. The van der Waals surface area contributed by atoms with Gasteiger partial charge in [-0.3, -0.25) is 4.90 Å². The summed E-state index contributed by atoms with van der Waals surface area (Å²) in [4.78, 5) is 32.3. The van der Waals surface area contributed by atoms with Crippen LogP contribution in [0.2, 0.25) is 0 Å². The standard InChI is InChI=1S/C35H35F2N5O2S/c1-6-21-23(36)16-14-19-10-8-11-22(27(19)21)30-29(37)31-28-24(38-30)12-9-13-25-26-17-15-20(42(26)34(43)44-35(3,4)5)18-41(25)32(28)40-33(39-31)45-7-2/h1,8,10-11,14,16,20,25-26H,7,9,12-13,15,17-18H2,2-5H3/t20-,25-,26+/m1/s1. The van der Waals surface area contributed by atoms with Crippen molar-refractivity contribution in [2.45, 2.75) is 88.7 Å². The average Bonchev–Trinajstić information content (AvgIpc) is 3.32. The van der Waals surface area contributed by atoms with Gasteiger partial charge in [-0.2, -0.15) is 0 Å². The Hall–Kier alpha value is -3.97. The van der Waals surface area contributed by atoms with Crippen molar-refractivity contribution >= 4 is 45.3 Å². The topological polar surface area (TPSA) is 71.5 Å². The third-order valence-electron chi connectivity index (χ3n) is 9.08. The quantitative estimate of drug-likeness (QED) is 0.132. The van der Waals surface area contributed by atoms with Crippen molar-refractivity contribution in [3.63, 3.8) is 0 Å². The van der Waals surface area contributed by atoms with Gasteiger partial charge in [0, 0.05) is 17.5 Å². The van der Waals surface area contributed by atoms with Gasteiger partial charge in [-0.05, 0) is 70.1 Å². The van der Waals surface area contributed by atoms with Crippen LogP contribution in [0.3, 0.4) is 0 Å². The van der Waals surface area contributed by atoms with Crippen LogP contribution in [0, 0.1) is 24.0 Å². The molecule has 0 spiro atoms. The summed E-state index contributed by atoms with van der Waals surface area (Å²) >= 11 is 1.45. The molecule has 4 aromatic rings. The van der Waals surface area contributed by atoms with Crippen LogP contribution < -0.4 is 4.90 Å². The second kappa shape index (κ2) is 11.1. The number of piperazine rings is 1. The van der Waals surface area contributed by atoms with Crippen LogP contribution >= 0.6 is 11.8 Å². The van der Waals surface area contributed by atoms with Crippen molar-refractivity contribution in [1.29, 1.82) is 0 Å². The number of hydrogen-bond acceptors (Lipinski definition) is 7. The van der Waals surface area contributed by atoms with Gasteiger partial charge >= 0.3 is 6.09 Å². The molecule has 3 atom stereocenters. The lowest BCUT2D eigenvalue weighted by atomic mass is 9.92. The van der Waals surface area contributed by atoms with Crippen LogP contribution in [0.5, 0.6) is 0 Å². The Balaban J connectivity index is 1.42. The number of terminal acetylenes is 1. The van der Waals surface area contributed by atoms with Crippen LogP contribution in [0.1, 0.15) is 64.6 Å². The molecule has 10 heteroatoms. The molecule has 2 aromatic carbocycles. The predicted molar refractivity (Wildman–Crippen MR) is 173 cm³/mol. The van der Waals surface area contributed by atoms with Gasteiger partial charge in [0.1, 0.15) is 28.4 Å². The van der Waals surface area contributed by atoms with E-state index in [-0.39, 0.29) is 41.0 Å². The Morgan fingerprint density at radius 3 is 2.67 bits per heavy atom. The zero-order chi connectivity index (χ0) is 31.6. The molecule has 45 heavy (non-hydrogen) atoms. The third-order valence-corrected chi connectivity index (χ3v) is 9.81. The number of rotatable bonds is 3. The van der Waals surface area contributed by atoms with Gasteiger partial charge < -0.3 is 9.64 Å². The van der Waals surface area contributed by atoms with Crippen molar-refractivity contribution in [3.8, 4) is 23.6 Å². The summed E-state index contributed by atoms with van der Waals surface area (Å²) in [7, 11) is 0. The molecule has 0 unspecified atom stereocenters. The molecule has 0 saturated carbocycles. The second-order valence-corrected chi connectivity index (χ2v) is 14.2. The number of anilines is 1. The van der Waals surface area contributed by atoms with Gasteiger partial charge in [-0.25, -0.2) is 28.5 Å². The van der Waals surface area contributed by atoms with Crippen LogP contribution in [-0.4, -0.2) is 62.0 Å². The van der Waals surface area contributed by atoms with E-state index in [9.17, 15) is 9.18 Å². The second-order valence-electron chi connectivity index (χ2n) is 13.0. The zero-order valence-corrected chi connectivity index (χ0v) is 26.7. The Kier molecular flexibility index (Phi) is 7.35. The van der Waals surface area contributed by atoms with E-state index < -0.39 is 17.2 Å². The van der Waals surface area contributed by atoms with E-state index in [1.807, 2.05) is 38.7 Å². The van der Waals surface area contributed by atoms with Crippen molar-refractivity contribution in [2.24, 2.45) is 0 Å². The monoisotopic (exact) mass is 627 g/mol.